The first kappa shape index (κ1) is 13.9. The zero-order chi connectivity index (χ0) is 15.8. The quantitative estimate of drug-likeness (QED) is 0.837. The summed E-state index contributed by atoms with van der Waals surface area (Å²) in [6.07, 6.45) is 0.446. The van der Waals surface area contributed by atoms with Crippen molar-refractivity contribution in [1.29, 1.82) is 5.26 Å². The molecule has 0 aliphatic carbocycles. The van der Waals surface area contributed by atoms with Gasteiger partial charge in [0.25, 0.3) is 5.91 Å². The number of rotatable bonds is 1. The molecule has 1 aromatic heterocycles. The van der Waals surface area contributed by atoms with E-state index in [-0.39, 0.29) is 5.91 Å². The normalized spacial score (nSPS) is 18.4. The fourth-order valence-corrected chi connectivity index (χ4v) is 3.23. The Kier molecular flexibility index (Phi) is 3.28. The van der Waals surface area contributed by atoms with Gasteiger partial charge in [-0.2, -0.15) is 5.26 Å². The first-order chi connectivity index (χ1) is 11.3. The molecular weight excluding hydrogens is 292 g/mol. The number of nitrogens with one attached hydrogen (secondary N) is 2. The number of aromatic nitrogens is 1. The van der Waals surface area contributed by atoms with Gasteiger partial charge in [0.1, 0.15) is 11.5 Å². The summed E-state index contributed by atoms with van der Waals surface area (Å²) in [6, 6.07) is 10.1. The van der Waals surface area contributed by atoms with Crippen LogP contribution in [0.15, 0.2) is 35.7 Å². The van der Waals surface area contributed by atoms with Crippen molar-refractivity contribution in [3.63, 3.8) is 0 Å². The molecule has 6 nitrogen and oxygen atoms in total. The van der Waals surface area contributed by atoms with E-state index in [1.807, 2.05) is 29.2 Å². The van der Waals surface area contributed by atoms with Crippen molar-refractivity contribution in [2.45, 2.75) is 6.42 Å². The maximum absolute atomic E-state index is 12.6. The summed E-state index contributed by atoms with van der Waals surface area (Å²) >= 11 is 0. The van der Waals surface area contributed by atoms with E-state index in [0.29, 0.717) is 49.8 Å². The van der Waals surface area contributed by atoms with Crippen LogP contribution in [0.4, 0.5) is 0 Å². The second-order valence-electron chi connectivity index (χ2n) is 5.69. The molecule has 0 unspecified atom stereocenters. The molecule has 1 aromatic carbocycles. The number of benzene rings is 1. The molecule has 116 valence electrons. The standard InChI is InChI=1S/C17H16N4O2/c18-10-11-9-13-12-3-1-2-4-14(12)19-15(13)17(22)20-16(11)21-5-7-23-8-6-21/h1-4,19H,5-9H2,(H,20,22). The van der Waals surface area contributed by atoms with Gasteiger partial charge in [-0.05, 0) is 11.6 Å². The van der Waals surface area contributed by atoms with Crippen LogP contribution in [0.3, 0.4) is 0 Å². The average Bonchev–Trinajstić information content (AvgIpc) is 2.90. The zero-order valence-electron chi connectivity index (χ0n) is 12.6. The summed E-state index contributed by atoms with van der Waals surface area (Å²) in [5.74, 6) is 0.428. The predicted octanol–water partition coefficient (Wildman–Crippen LogP) is 1.52. The van der Waals surface area contributed by atoms with Crippen LogP contribution < -0.4 is 5.32 Å². The lowest BCUT2D eigenvalue weighted by atomic mass is 10.0. The molecule has 1 saturated heterocycles. The number of morpholine rings is 1. The van der Waals surface area contributed by atoms with Crippen LogP contribution in [0.5, 0.6) is 0 Å². The number of amides is 1. The van der Waals surface area contributed by atoms with Gasteiger partial charge >= 0.3 is 0 Å². The van der Waals surface area contributed by atoms with Crippen LogP contribution in [0.25, 0.3) is 10.9 Å². The number of H-pyrrole nitrogens is 1. The lowest BCUT2D eigenvalue weighted by molar-refractivity contribution is 0.0489. The molecule has 0 radical (unpaired) electrons. The van der Waals surface area contributed by atoms with Crippen molar-refractivity contribution in [3.05, 3.63) is 46.9 Å². The summed E-state index contributed by atoms with van der Waals surface area (Å²) < 4.78 is 5.36. The Hall–Kier alpha value is -2.78. The number of allylic oxidation sites excluding steroid dienone is 1. The van der Waals surface area contributed by atoms with Crippen molar-refractivity contribution in [2.75, 3.05) is 26.3 Å². The molecule has 0 spiro atoms. The van der Waals surface area contributed by atoms with Crippen LogP contribution in [0.2, 0.25) is 0 Å². The van der Waals surface area contributed by atoms with E-state index >= 15 is 0 Å². The fraction of sp³-hybridized carbons (Fsp3) is 0.294. The molecule has 0 atom stereocenters. The van der Waals surface area contributed by atoms with Gasteiger partial charge in [0.15, 0.2) is 0 Å². The van der Waals surface area contributed by atoms with Crippen molar-refractivity contribution in [1.82, 2.24) is 15.2 Å². The molecule has 2 aromatic rings. The predicted molar refractivity (Wildman–Crippen MR) is 84.5 cm³/mol. The number of nitriles is 1. The zero-order valence-corrected chi connectivity index (χ0v) is 12.6. The molecule has 0 bridgehead atoms. The van der Waals surface area contributed by atoms with E-state index in [1.165, 1.54) is 0 Å². The van der Waals surface area contributed by atoms with Gasteiger partial charge in [-0.1, -0.05) is 18.2 Å². The highest BCUT2D eigenvalue weighted by molar-refractivity contribution is 6.02. The highest BCUT2D eigenvalue weighted by Crippen LogP contribution is 2.28. The largest absolute Gasteiger partial charge is 0.378 e. The molecule has 2 aliphatic rings. The van der Waals surface area contributed by atoms with Gasteiger partial charge < -0.3 is 19.9 Å². The Bertz CT molecular complexity index is 853. The molecule has 6 heteroatoms. The van der Waals surface area contributed by atoms with E-state index in [1.54, 1.807) is 0 Å². The Morgan fingerprint density at radius 2 is 2.00 bits per heavy atom. The number of hydrogen-bond acceptors (Lipinski definition) is 4. The van der Waals surface area contributed by atoms with Crippen molar-refractivity contribution < 1.29 is 9.53 Å². The first-order valence-corrected chi connectivity index (χ1v) is 7.65. The van der Waals surface area contributed by atoms with E-state index in [9.17, 15) is 10.1 Å². The van der Waals surface area contributed by atoms with Gasteiger partial charge in [0.2, 0.25) is 0 Å². The van der Waals surface area contributed by atoms with Crippen LogP contribution >= 0.6 is 0 Å². The van der Waals surface area contributed by atoms with Crippen LogP contribution in [-0.2, 0) is 11.2 Å². The minimum Gasteiger partial charge on any atom is -0.378 e. The summed E-state index contributed by atoms with van der Waals surface area (Å²) in [5, 5.41) is 13.5. The fourth-order valence-electron chi connectivity index (χ4n) is 3.23. The van der Waals surface area contributed by atoms with Gasteiger partial charge in [0, 0.05) is 30.4 Å². The first-order valence-electron chi connectivity index (χ1n) is 7.65. The third-order valence-electron chi connectivity index (χ3n) is 4.37. The smallest absolute Gasteiger partial charge is 0.273 e. The molecule has 1 amide bonds. The second-order valence-corrected chi connectivity index (χ2v) is 5.69. The Morgan fingerprint density at radius 1 is 1.22 bits per heavy atom. The molecular formula is C17H16N4O2. The van der Waals surface area contributed by atoms with E-state index in [4.69, 9.17) is 4.74 Å². The van der Waals surface area contributed by atoms with Crippen LogP contribution in [-0.4, -0.2) is 42.1 Å². The number of hydrogen-bond donors (Lipinski definition) is 2. The minimum atomic E-state index is -0.192. The van der Waals surface area contributed by atoms with Crippen LogP contribution in [0, 0.1) is 11.3 Å². The molecule has 4 rings (SSSR count). The Balaban J connectivity index is 1.82. The van der Waals surface area contributed by atoms with Crippen molar-refractivity contribution >= 4 is 16.8 Å². The molecule has 0 saturated carbocycles. The highest BCUT2D eigenvalue weighted by Gasteiger charge is 2.28. The number of para-hydroxylation sites is 1. The van der Waals surface area contributed by atoms with Gasteiger partial charge in [0.05, 0.1) is 24.9 Å². The van der Waals surface area contributed by atoms with E-state index < -0.39 is 0 Å². The third-order valence-corrected chi connectivity index (χ3v) is 4.37. The Morgan fingerprint density at radius 3 is 2.78 bits per heavy atom. The number of carbonyl (C=O) groups is 1. The summed E-state index contributed by atoms with van der Waals surface area (Å²) in [6.45, 7) is 2.56. The molecule has 23 heavy (non-hydrogen) atoms. The highest BCUT2D eigenvalue weighted by atomic mass is 16.5. The lowest BCUT2D eigenvalue weighted by Gasteiger charge is -2.31. The minimum absolute atomic E-state index is 0.192. The molecule has 2 N–H and O–H groups in total. The SMILES string of the molecule is N#CC1=C(N2CCOCC2)NC(=O)c2[nH]c3ccccc3c2C1. The summed E-state index contributed by atoms with van der Waals surface area (Å²) in [4.78, 5) is 17.9. The Labute approximate surface area is 133 Å². The molecule has 1 fully saturated rings. The monoisotopic (exact) mass is 308 g/mol. The van der Waals surface area contributed by atoms with Gasteiger partial charge in [-0.15, -0.1) is 0 Å². The maximum Gasteiger partial charge on any atom is 0.273 e. The third kappa shape index (κ3) is 2.26. The lowest BCUT2D eigenvalue weighted by Crippen LogP contribution is -2.42. The van der Waals surface area contributed by atoms with Gasteiger partial charge in [-0.3, -0.25) is 4.79 Å². The van der Waals surface area contributed by atoms with Crippen molar-refractivity contribution in [3.8, 4) is 6.07 Å². The number of nitrogens with zero attached hydrogens (tertiary/aromatic N) is 2. The number of aromatic amines is 1. The maximum atomic E-state index is 12.6. The number of carbonyl (C=O) groups excluding carboxylic acids is 1. The van der Waals surface area contributed by atoms with Gasteiger partial charge in [-0.25, -0.2) is 0 Å². The molecule has 3 heterocycles. The number of fused-ring (bicyclic) bond motifs is 3. The summed E-state index contributed by atoms with van der Waals surface area (Å²) in [5.41, 5.74) is 2.93. The summed E-state index contributed by atoms with van der Waals surface area (Å²) in [7, 11) is 0. The van der Waals surface area contributed by atoms with Crippen LogP contribution in [0.1, 0.15) is 16.1 Å². The second kappa shape index (κ2) is 5.45. The van der Waals surface area contributed by atoms with Crippen molar-refractivity contribution in [2.24, 2.45) is 0 Å². The van der Waals surface area contributed by atoms with E-state index in [2.05, 4.69) is 16.4 Å². The number of ether oxygens (including phenoxy) is 1. The average molecular weight is 308 g/mol. The topological polar surface area (TPSA) is 81.2 Å². The van der Waals surface area contributed by atoms with E-state index in [0.717, 1.165) is 16.5 Å². The molecule has 2 aliphatic heterocycles.